The van der Waals surface area contributed by atoms with Crippen molar-refractivity contribution in [1.82, 2.24) is 4.31 Å². The molecule has 3 aromatic carbocycles. The topological polar surface area (TPSA) is 101 Å². The van der Waals surface area contributed by atoms with Gasteiger partial charge in [0.15, 0.2) is 0 Å². The average molecular weight is 500 g/mol. The molecule has 3 aromatic rings. The van der Waals surface area contributed by atoms with Crippen LogP contribution in [0.15, 0.2) is 83.8 Å². The van der Waals surface area contributed by atoms with Crippen molar-refractivity contribution >= 4 is 33.6 Å². The van der Waals surface area contributed by atoms with Crippen LogP contribution >= 0.6 is 11.6 Å². The molecule has 4 rings (SSSR count). The van der Waals surface area contributed by atoms with Gasteiger partial charge in [0.25, 0.3) is 0 Å². The van der Waals surface area contributed by atoms with Gasteiger partial charge in [0.2, 0.25) is 10.0 Å². The number of ether oxygens (including phenoxy) is 1. The number of carboxylic acid groups (broad SMARTS) is 1. The minimum atomic E-state index is -4.36. The Labute approximate surface area is 202 Å². The smallest absolute Gasteiger partial charge is 0.325 e. The van der Waals surface area contributed by atoms with Gasteiger partial charge in [0.1, 0.15) is 12.1 Å². The van der Waals surface area contributed by atoms with E-state index in [1.165, 1.54) is 12.1 Å². The summed E-state index contributed by atoms with van der Waals surface area (Å²) in [5, 5.41) is 10.7. The Morgan fingerprint density at radius 2 is 1.56 bits per heavy atom. The molecule has 1 aliphatic rings. The summed E-state index contributed by atoms with van der Waals surface area (Å²) < 4.78 is 32.8. The monoisotopic (exact) mass is 499 g/mol. The molecule has 0 amide bonds. The molecule has 1 aliphatic carbocycles. The Hall–Kier alpha value is -3.20. The third kappa shape index (κ3) is 4.32. The van der Waals surface area contributed by atoms with Gasteiger partial charge in [-0.05, 0) is 47.4 Å². The van der Waals surface area contributed by atoms with Crippen LogP contribution < -0.4 is 0 Å². The summed E-state index contributed by atoms with van der Waals surface area (Å²) in [4.78, 5) is 24.5. The molecule has 1 saturated carbocycles. The zero-order valence-electron chi connectivity index (χ0n) is 18.2. The second-order valence-electron chi connectivity index (χ2n) is 8.02. The lowest BCUT2D eigenvalue weighted by atomic mass is 10.1. The van der Waals surface area contributed by atoms with Crippen molar-refractivity contribution in [2.24, 2.45) is 0 Å². The minimum Gasteiger partial charge on any atom is -0.480 e. The van der Waals surface area contributed by atoms with Crippen molar-refractivity contribution in [1.29, 1.82) is 0 Å². The summed E-state index contributed by atoms with van der Waals surface area (Å²) in [7, 11) is -3.23. The van der Waals surface area contributed by atoms with Crippen LogP contribution in [0.4, 0.5) is 0 Å². The summed E-state index contributed by atoms with van der Waals surface area (Å²) in [5.74, 6) is -2.76. The first kappa shape index (κ1) is 23.9. The van der Waals surface area contributed by atoms with Crippen LogP contribution in [0.1, 0.15) is 17.9 Å². The van der Waals surface area contributed by atoms with Crippen molar-refractivity contribution in [3.63, 3.8) is 0 Å². The number of halogens is 1. The highest BCUT2D eigenvalue weighted by Gasteiger charge is 2.68. The van der Waals surface area contributed by atoms with E-state index in [-0.39, 0.29) is 11.3 Å². The lowest BCUT2D eigenvalue weighted by molar-refractivity contribution is -0.146. The molecule has 0 aromatic heterocycles. The molecule has 34 heavy (non-hydrogen) atoms. The highest BCUT2D eigenvalue weighted by Crippen LogP contribution is 2.57. The number of hydrogen-bond donors (Lipinski definition) is 1. The Morgan fingerprint density at radius 3 is 2.09 bits per heavy atom. The number of hydrogen-bond acceptors (Lipinski definition) is 5. The summed E-state index contributed by atoms with van der Waals surface area (Å²) in [5.41, 5.74) is 0.501. The first-order valence-electron chi connectivity index (χ1n) is 10.4. The maximum atomic E-state index is 13.7. The lowest BCUT2D eigenvalue weighted by Gasteiger charge is -2.28. The zero-order valence-corrected chi connectivity index (χ0v) is 19.8. The van der Waals surface area contributed by atoms with E-state index in [0.29, 0.717) is 10.6 Å². The van der Waals surface area contributed by atoms with Gasteiger partial charge in [-0.1, -0.05) is 66.2 Å². The zero-order chi connectivity index (χ0) is 24.5. The van der Waals surface area contributed by atoms with E-state index in [2.05, 4.69) is 0 Å². The van der Waals surface area contributed by atoms with Crippen LogP contribution in [0.25, 0.3) is 11.1 Å². The van der Waals surface area contributed by atoms with E-state index in [1.807, 2.05) is 12.1 Å². The molecule has 9 heteroatoms. The number of esters is 1. The predicted octanol–water partition coefficient (Wildman–Crippen LogP) is 4.18. The van der Waals surface area contributed by atoms with Gasteiger partial charge in [-0.2, -0.15) is 4.31 Å². The van der Waals surface area contributed by atoms with Crippen molar-refractivity contribution in [3.05, 3.63) is 89.4 Å². The van der Waals surface area contributed by atoms with Crippen LogP contribution in [-0.2, 0) is 24.3 Å². The molecule has 0 saturated heterocycles. The second kappa shape index (κ2) is 9.21. The second-order valence-corrected chi connectivity index (χ2v) is 10.3. The summed E-state index contributed by atoms with van der Waals surface area (Å²) >= 11 is 5.93. The lowest BCUT2D eigenvalue weighted by Crippen LogP contribution is -2.50. The molecular formula is C25H22ClNO6S. The van der Waals surface area contributed by atoms with Gasteiger partial charge < -0.3 is 9.84 Å². The van der Waals surface area contributed by atoms with Crippen molar-refractivity contribution in [3.8, 4) is 11.1 Å². The Kier molecular flexibility index (Phi) is 6.49. The van der Waals surface area contributed by atoms with Gasteiger partial charge in [-0.25, -0.2) is 8.42 Å². The quantitative estimate of drug-likeness (QED) is 0.466. The first-order valence-corrected chi connectivity index (χ1v) is 12.3. The average Bonchev–Trinajstić information content (AvgIpc) is 3.60. The van der Waals surface area contributed by atoms with Crippen molar-refractivity contribution in [2.75, 3.05) is 13.7 Å². The summed E-state index contributed by atoms with van der Waals surface area (Å²) in [6.45, 7) is -0.715. The first-order chi connectivity index (χ1) is 16.2. The maximum absolute atomic E-state index is 13.7. The summed E-state index contributed by atoms with van der Waals surface area (Å²) in [6, 6.07) is 21.9. The Bertz CT molecular complexity index is 1310. The molecular weight excluding hydrogens is 478 g/mol. The van der Waals surface area contributed by atoms with E-state index in [4.69, 9.17) is 16.3 Å². The number of carbonyl (C=O) groups is 2. The molecule has 1 N–H and O–H groups in total. The standard InChI is InChI=1S/C25H22ClNO6S/c1-33-23(28)16-27(25(24(29)30)15-22(25)19-5-3-2-4-6-19)34(31,32)21-13-9-18(10-14-21)17-7-11-20(26)12-8-17/h2-14,22H,15-16H2,1H3,(H,29,30). The maximum Gasteiger partial charge on any atom is 0.325 e. The number of rotatable bonds is 8. The highest BCUT2D eigenvalue weighted by atomic mass is 35.5. The van der Waals surface area contributed by atoms with Gasteiger partial charge >= 0.3 is 11.9 Å². The molecule has 2 unspecified atom stereocenters. The number of benzene rings is 3. The third-order valence-corrected chi connectivity index (χ3v) is 8.22. The fourth-order valence-corrected chi connectivity index (χ4v) is 6.01. The van der Waals surface area contributed by atoms with Crippen molar-refractivity contribution in [2.45, 2.75) is 22.8 Å². The van der Waals surface area contributed by atoms with Crippen LogP contribution in [-0.4, -0.2) is 49.0 Å². The SMILES string of the molecule is COC(=O)CN(C1(C(=O)O)CC1c1ccccc1)S(=O)(=O)c1ccc(-c2ccc(Cl)cc2)cc1. The largest absolute Gasteiger partial charge is 0.480 e. The van der Waals surface area contributed by atoms with Crippen LogP contribution in [0.2, 0.25) is 5.02 Å². The molecule has 0 spiro atoms. The molecule has 0 heterocycles. The number of nitrogens with zero attached hydrogens (tertiary/aromatic N) is 1. The van der Waals surface area contributed by atoms with E-state index >= 15 is 0 Å². The number of carboxylic acids is 1. The van der Waals surface area contributed by atoms with E-state index in [9.17, 15) is 23.1 Å². The van der Waals surface area contributed by atoms with Gasteiger partial charge in [0, 0.05) is 10.9 Å². The Morgan fingerprint density at radius 1 is 1.00 bits per heavy atom. The number of methoxy groups -OCH3 is 1. The fraction of sp³-hybridized carbons (Fsp3) is 0.200. The predicted molar refractivity (Wildman–Crippen MR) is 127 cm³/mol. The van der Waals surface area contributed by atoms with E-state index in [1.54, 1.807) is 54.6 Å². The number of aliphatic carboxylic acids is 1. The molecule has 7 nitrogen and oxygen atoms in total. The number of carbonyl (C=O) groups excluding carboxylic acids is 1. The van der Waals surface area contributed by atoms with Gasteiger partial charge in [0.05, 0.1) is 12.0 Å². The van der Waals surface area contributed by atoms with Crippen molar-refractivity contribution < 1.29 is 27.9 Å². The molecule has 176 valence electrons. The Balaban J connectivity index is 1.73. The molecule has 2 atom stereocenters. The summed E-state index contributed by atoms with van der Waals surface area (Å²) in [6.07, 6.45) is 0.0471. The fourth-order valence-electron chi connectivity index (χ4n) is 4.16. The molecule has 0 radical (unpaired) electrons. The highest BCUT2D eigenvalue weighted by molar-refractivity contribution is 7.89. The van der Waals surface area contributed by atoms with E-state index in [0.717, 1.165) is 22.5 Å². The van der Waals surface area contributed by atoms with Crippen LogP contribution in [0.5, 0.6) is 0 Å². The molecule has 1 fully saturated rings. The normalized spacial score (nSPS) is 19.6. The van der Waals surface area contributed by atoms with Gasteiger partial charge in [-0.15, -0.1) is 0 Å². The minimum absolute atomic E-state index is 0.0471. The third-order valence-electron chi connectivity index (χ3n) is 6.07. The molecule has 0 bridgehead atoms. The van der Waals surface area contributed by atoms with Crippen LogP contribution in [0, 0.1) is 0 Å². The van der Waals surface area contributed by atoms with E-state index < -0.39 is 40.0 Å². The molecule has 0 aliphatic heterocycles. The van der Waals surface area contributed by atoms with Crippen LogP contribution in [0.3, 0.4) is 0 Å². The number of sulfonamides is 1. The van der Waals surface area contributed by atoms with Gasteiger partial charge in [-0.3, -0.25) is 9.59 Å².